The topological polar surface area (TPSA) is 52.9 Å². The molecule has 3 nitrogen and oxygen atoms in total. The fourth-order valence-electron chi connectivity index (χ4n) is 3.06. The van der Waals surface area contributed by atoms with Crippen LogP contribution in [0.3, 0.4) is 0 Å². The van der Waals surface area contributed by atoms with Gasteiger partial charge in [0.1, 0.15) is 0 Å². The third-order valence-electron chi connectivity index (χ3n) is 3.86. The zero-order chi connectivity index (χ0) is 14.2. The highest BCUT2D eigenvalue weighted by Crippen LogP contribution is 2.44. The van der Waals surface area contributed by atoms with E-state index >= 15 is 0 Å². The van der Waals surface area contributed by atoms with Gasteiger partial charge >= 0.3 is 0 Å². The van der Waals surface area contributed by atoms with Crippen LogP contribution in [0.15, 0.2) is 21.9 Å². The molecule has 1 aliphatic carbocycles. The molecule has 19 heavy (non-hydrogen) atoms. The number of nitrogens with zero attached hydrogens (tertiary/aromatic N) is 1. The molecule has 1 heterocycles. The van der Waals surface area contributed by atoms with Crippen molar-refractivity contribution in [2.75, 3.05) is 6.26 Å². The predicted octanol–water partition coefficient (Wildman–Crippen LogP) is 3.36. The molecule has 102 valence electrons. The van der Waals surface area contributed by atoms with E-state index < -0.39 is 0 Å². The van der Waals surface area contributed by atoms with Crippen molar-refractivity contribution in [2.45, 2.75) is 40.0 Å². The number of hydrogen-bond donors (Lipinski definition) is 1. The molecule has 0 aromatic heterocycles. The summed E-state index contributed by atoms with van der Waals surface area (Å²) < 4.78 is 0. The Morgan fingerprint density at radius 2 is 2.16 bits per heavy atom. The van der Waals surface area contributed by atoms with Gasteiger partial charge in [-0.3, -0.25) is 4.79 Å². The van der Waals surface area contributed by atoms with Crippen molar-refractivity contribution in [3.8, 4) is 6.07 Å². The van der Waals surface area contributed by atoms with E-state index in [9.17, 15) is 10.1 Å². The molecular weight excluding hydrogens is 256 g/mol. The van der Waals surface area contributed by atoms with Gasteiger partial charge in [-0.25, -0.2) is 0 Å². The molecule has 0 spiro atoms. The van der Waals surface area contributed by atoms with Gasteiger partial charge in [-0.05, 0) is 24.5 Å². The molecule has 0 bridgehead atoms. The van der Waals surface area contributed by atoms with Crippen LogP contribution in [0.25, 0.3) is 0 Å². The van der Waals surface area contributed by atoms with Crippen molar-refractivity contribution in [3.05, 3.63) is 21.9 Å². The van der Waals surface area contributed by atoms with E-state index in [1.165, 1.54) is 0 Å². The second-order valence-corrected chi connectivity index (χ2v) is 6.79. The largest absolute Gasteiger partial charge is 0.352 e. The van der Waals surface area contributed by atoms with Crippen molar-refractivity contribution in [1.82, 2.24) is 5.32 Å². The number of nitriles is 1. The van der Waals surface area contributed by atoms with E-state index in [-0.39, 0.29) is 17.1 Å². The molecule has 0 aromatic rings. The molecule has 0 saturated carbocycles. The number of carbonyl (C=O) groups is 1. The first-order valence-corrected chi connectivity index (χ1v) is 7.87. The Morgan fingerprint density at radius 1 is 1.47 bits per heavy atom. The maximum absolute atomic E-state index is 12.4. The van der Waals surface area contributed by atoms with E-state index in [1.54, 1.807) is 11.8 Å². The van der Waals surface area contributed by atoms with Gasteiger partial charge in [0.05, 0.1) is 16.7 Å². The number of Topliss-reactive ketones (excluding diaryl/α,β-unsaturated/α-hetero) is 1. The van der Waals surface area contributed by atoms with Gasteiger partial charge < -0.3 is 5.32 Å². The van der Waals surface area contributed by atoms with Crippen LogP contribution in [0.4, 0.5) is 0 Å². The predicted molar refractivity (Wildman–Crippen MR) is 78.1 cm³/mol. The van der Waals surface area contributed by atoms with Gasteiger partial charge in [0, 0.05) is 23.6 Å². The number of dihydropyridines is 1. The summed E-state index contributed by atoms with van der Waals surface area (Å²) in [5.41, 5.74) is 2.63. The summed E-state index contributed by atoms with van der Waals surface area (Å²) in [7, 11) is 0. The summed E-state index contributed by atoms with van der Waals surface area (Å²) in [6, 6.07) is 2.29. The van der Waals surface area contributed by atoms with Crippen LogP contribution < -0.4 is 5.32 Å². The van der Waals surface area contributed by atoms with Gasteiger partial charge in [-0.2, -0.15) is 5.26 Å². The molecule has 0 radical (unpaired) electrons. The Bertz CT molecular complexity index is 523. The molecule has 1 N–H and O–H groups in total. The van der Waals surface area contributed by atoms with Crippen molar-refractivity contribution in [2.24, 2.45) is 11.3 Å². The lowest BCUT2D eigenvalue weighted by molar-refractivity contribution is -0.118. The van der Waals surface area contributed by atoms with Crippen molar-refractivity contribution < 1.29 is 4.79 Å². The maximum Gasteiger partial charge on any atom is 0.161 e. The molecule has 0 amide bonds. The van der Waals surface area contributed by atoms with E-state index in [1.807, 2.05) is 13.2 Å². The summed E-state index contributed by atoms with van der Waals surface area (Å²) in [6.45, 7) is 6.29. The minimum atomic E-state index is -0.0210. The lowest BCUT2D eigenvalue weighted by Gasteiger charge is -2.38. The summed E-state index contributed by atoms with van der Waals surface area (Å²) in [6.07, 6.45) is 4.23. The van der Waals surface area contributed by atoms with E-state index in [0.717, 1.165) is 34.7 Å². The summed E-state index contributed by atoms with van der Waals surface area (Å²) in [4.78, 5) is 12.4. The number of nitrogens with one attached hydrogen (secondary N) is 1. The van der Waals surface area contributed by atoms with E-state index in [0.29, 0.717) is 6.42 Å². The normalized spacial score (nSPS) is 25.8. The zero-order valence-electron chi connectivity index (χ0n) is 12.0. The van der Waals surface area contributed by atoms with Crippen molar-refractivity contribution in [3.63, 3.8) is 0 Å². The van der Waals surface area contributed by atoms with E-state index in [2.05, 4.69) is 25.2 Å². The zero-order valence-corrected chi connectivity index (χ0v) is 12.8. The van der Waals surface area contributed by atoms with Crippen LogP contribution >= 0.6 is 11.8 Å². The highest BCUT2D eigenvalue weighted by atomic mass is 32.2. The Balaban J connectivity index is 2.50. The van der Waals surface area contributed by atoms with Crippen LogP contribution in [0.5, 0.6) is 0 Å². The smallest absolute Gasteiger partial charge is 0.161 e. The average molecular weight is 276 g/mol. The number of allylic oxidation sites excluding steroid dienone is 3. The number of thioether (sulfide) groups is 1. The fraction of sp³-hybridized carbons (Fsp3) is 0.600. The summed E-state index contributed by atoms with van der Waals surface area (Å²) in [5.74, 6) is 0.186. The van der Waals surface area contributed by atoms with Crippen LogP contribution in [-0.4, -0.2) is 12.0 Å². The molecule has 2 rings (SSSR count). The molecule has 0 saturated heterocycles. The van der Waals surface area contributed by atoms with E-state index in [4.69, 9.17) is 0 Å². The number of carbonyl (C=O) groups excluding carboxylic acids is 1. The first kappa shape index (κ1) is 14.2. The summed E-state index contributed by atoms with van der Waals surface area (Å²) >= 11 is 1.56. The highest BCUT2D eigenvalue weighted by Gasteiger charge is 2.40. The molecular formula is C15H20N2OS. The second-order valence-electron chi connectivity index (χ2n) is 5.98. The molecule has 0 fully saturated rings. The number of rotatable bonds is 2. The first-order valence-electron chi connectivity index (χ1n) is 6.65. The fourth-order valence-corrected chi connectivity index (χ4v) is 3.69. The van der Waals surface area contributed by atoms with Crippen LogP contribution in [0.1, 0.15) is 40.0 Å². The first-order chi connectivity index (χ1) is 8.93. The Hall–Kier alpha value is -1.21. The molecule has 0 aromatic carbocycles. The number of ketones is 1. The summed E-state index contributed by atoms with van der Waals surface area (Å²) in [5, 5.41) is 13.6. The van der Waals surface area contributed by atoms with Crippen LogP contribution in [-0.2, 0) is 4.79 Å². The monoisotopic (exact) mass is 276 g/mol. The van der Waals surface area contributed by atoms with Crippen molar-refractivity contribution in [1.29, 1.82) is 5.26 Å². The molecule has 0 unspecified atom stereocenters. The quantitative estimate of drug-likeness (QED) is 0.840. The van der Waals surface area contributed by atoms with Gasteiger partial charge in [-0.1, -0.05) is 20.8 Å². The lowest BCUT2D eigenvalue weighted by Crippen LogP contribution is -2.37. The highest BCUT2D eigenvalue weighted by molar-refractivity contribution is 8.02. The van der Waals surface area contributed by atoms with Gasteiger partial charge in [-0.15, -0.1) is 11.8 Å². The lowest BCUT2D eigenvalue weighted by atomic mass is 9.70. The molecule has 4 heteroatoms. The molecule has 2 aliphatic rings. The Morgan fingerprint density at radius 3 is 2.68 bits per heavy atom. The van der Waals surface area contributed by atoms with Crippen LogP contribution in [0.2, 0.25) is 0 Å². The van der Waals surface area contributed by atoms with Gasteiger partial charge in [0.25, 0.3) is 0 Å². The number of hydrogen-bond acceptors (Lipinski definition) is 4. The van der Waals surface area contributed by atoms with Gasteiger partial charge in [0.2, 0.25) is 0 Å². The minimum absolute atomic E-state index is 0.00880. The van der Waals surface area contributed by atoms with Crippen molar-refractivity contribution >= 4 is 17.5 Å². The molecule has 1 aliphatic heterocycles. The Labute approximate surface area is 119 Å². The Kier molecular flexibility index (Phi) is 3.78. The maximum atomic E-state index is 12.4. The third kappa shape index (κ3) is 2.44. The minimum Gasteiger partial charge on any atom is -0.352 e. The second kappa shape index (κ2) is 5.05. The standard InChI is InChI=1S/C15H20N2OS/c1-5-9-10(8-16)14(19-4)17-11-6-15(2,3)7-12(18)13(9)11/h9,17H,5-7H2,1-4H3/t9-/m0/s1. The molecule has 1 atom stereocenters. The van der Waals surface area contributed by atoms with Gasteiger partial charge in [0.15, 0.2) is 5.78 Å². The third-order valence-corrected chi connectivity index (χ3v) is 4.59. The average Bonchev–Trinajstić information content (AvgIpc) is 2.34. The van der Waals surface area contributed by atoms with Crippen LogP contribution in [0, 0.1) is 22.7 Å². The SMILES string of the molecule is CC[C@H]1C(C#N)=C(SC)NC2=C1C(=O)CC(C)(C)C2.